The zero-order chi connectivity index (χ0) is 29.8. The number of alkyl halides is 3. The van der Waals surface area contributed by atoms with Crippen LogP contribution >= 0.6 is 0 Å². The van der Waals surface area contributed by atoms with E-state index in [1.54, 1.807) is 12.1 Å². The van der Waals surface area contributed by atoms with Gasteiger partial charge in [0.1, 0.15) is 11.6 Å². The fourth-order valence-electron chi connectivity index (χ4n) is 4.92. The Morgan fingerprint density at radius 3 is 2.67 bits per heavy atom. The molecule has 5 aromatic rings. The SMILES string of the molecule is CCc1cccnc1-n1ncc(C2OC2Nc2ccc(Oc3ccnc4[nH]c(=O)n(C(C)C)c34)c(F)c2)c1C(F)(F)F. The van der Waals surface area contributed by atoms with Crippen LogP contribution in [-0.2, 0) is 17.3 Å². The van der Waals surface area contributed by atoms with Crippen molar-refractivity contribution in [2.75, 3.05) is 5.32 Å². The summed E-state index contributed by atoms with van der Waals surface area (Å²) in [6.07, 6.45) is -2.10. The summed E-state index contributed by atoms with van der Waals surface area (Å²) in [6.45, 7) is 5.46. The molecule has 1 aliphatic heterocycles. The van der Waals surface area contributed by atoms with E-state index in [4.69, 9.17) is 9.47 Å². The van der Waals surface area contributed by atoms with Gasteiger partial charge in [0.25, 0.3) is 0 Å². The summed E-state index contributed by atoms with van der Waals surface area (Å²) in [6, 6.07) is 8.70. The van der Waals surface area contributed by atoms with Crippen LogP contribution in [0.25, 0.3) is 17.0 Å². The van der Waals surface area contributed by atoms with Crippen molar-refractivity contribution in [1.29, 1.82) is 0 Å². The van der Waals surface area contributed by atoms with Crippen LogP contribution in [0.2, 0.25) is 0 Å². The Kier molecular flexibility index (Phi) is 6.72. The number of aromatic nitrogens is 6. The Labute approximate surface area is 235 Å². The lowest BCUT2D eigenvalue weighted by Gasteiger charge is -2.14. The predicted molar refractivity (Wildman–Crippen MR) is 144 cm³/mol. The minimum Gasteiger partial charge on any atom is -0.452 e. The average molecular weight is 584 g/mol. The van der Waals surface area contributed by atoms with E-state index in [1.807, 2.05) is 20.8 Å². The van der Waals surface area contributed by atoms with Crippen LogP contribution in [0.4, 0.5) is 23.2 Å². The highest BCUT2D eigenvalue weighted by Gasteiger charge is 2.49. The predicted octanol–water partition coefficient (Wildman–Crippen LogP) is 5.91. The van der Waals surface area contributed by atoms with Crippen LogP contribution in [0, 0.1) is 5.82 Å². The number of aromatic amines is 1. The van der Waals surface area contributed by atoms with E-state index in [0.717, 1.165) is 16.9 Å². The Morgan fingerprint density at radius 1 is 1.14 bits per heavy atom. The van der Waals surface area contributed by atoms with Gasteiger partial charge in [-0.15, -0.1) is 0 Å². The number of rotatable bonds is 8. The minimum atomic E-state index is -4.73. The van der Waals surface area contributed by atoms with Gasteiger partial charge in [-0.1, -0.05) is 13.0 Å². The number of aryl methyl sites for hydroxylation is 1. The lowest BCUT2D eigenvalue weighted by Crippen LogP contribution is -2.18. The van der Waals surface area contributed by atoms with Gasteiger partial charge in [-0.2, -0.15) is 18.3 Å². The van der Waals surface area contributed by atoms with Gasteiger partial charge in [0, 0.05) is 41.8 Å². The zero-order valence-corrected chi connectivity index (χ0v) is 22.6. The largest absolute Gasteiger partial charge is 0.452 e. The number of pyridine rings is 2. The maximum absolute atomic E-state index is 15.1. The number of nitrogens with zero attached hydrogens (tertiary/aromatic N) is 5. The Bertz CT molecular complexity index is 1840. The molecule has 2 atom stereocenters. The molecule has 0 amide bonds. The van der Waals surface area contributed by atoms with Crippen molar-refractivity contribution in [1.82, 2.24) is 29.3 Å². The summed E-state index contributed by atoms with van der Waals surface area (Å²) in [5, 5.41) is 6.90. The van der Waals surface area contributed by atoms with Crippen molar-refractivity contribution in [2.24, 2.45) is 0 Å². The molecule has 6 rings (SSSR count). The Hall–Kier alpha value is -4.72. The number of hydrogen-bond donors (Lipinski definition) is 2. The maximum atomic E-state index is 15.1. The van der Waals surface area contributed by atoms with Crippen molar-refractivity contribution in [3.05, 3.63) is 88.1 Å². The van der Waals surface area contributed by atoms with Crippen molar-refractivity contribution >= 4 is 16.9 Å². The second kappa shape index (κ2) is 10.3. The molecule has 2 N–H and O–H groups in total. The van der Waals surface area contributed by atoms with E-state index < -0.39 is 30.0 Å². The molecule has 4 aromatic heterocycles. The van der Waals surface area contributed by atoms with Crippen molar-refractivity contribution in [3.8, 4) is 17.3 Å². The fourth-order valence-corrected chi connectivity index (χ4v) is 4.92. The monoisotopic (exact) mass is 583 g/mol. The quantitative estimate of drug-likeness (QED) is 0.172. The van der Waals surface area contributed by atoms with Crippen LogP contribution in [-0.4, -0.2) is 35.5 Å². The number of nitrogens with one attached hydrogen (secondary N) is 2. The summed E-state index contributed by atoms with van der Waals surface area (Å²) in [4.78, 5) is 23.3. The molecule has 0 bridgehead atoms. The molecule has 5 heterocycles. The highest BCUT2D eigenvalue weighted by atomic mass is 19.4. The Balaban J connectivity index is 1.23. The van der Waals surface area contributed by atoms with Crippen LogP contribution in [0.5, 0.6) is 11.5 Å². The highest BCUT2D eigenvalue weighted by Crippen LogP contribution is 2.46. The zero-order valence-electron chi connectivity index (χ0n) is 22.6. The molecule has 0 aliphatic carbocycles. The number of halogens is 4. The van der Waals surface area contributed by atoms with E-state index in [0.29, 0.717) is 23.1 Å². The van der Waals surface area contributed by atoms with Crippen LogP contribution < -0.4 is 15.7 Å². The summed E-state index contributed by atoms with van der Waals surface area (Å²) in [7, 11) is 0. The number of ether oxygens (including phenoxy) is 2. The number of hydrogen-bond acceptors (Lipinski definition) is 7. The molecule has 1 aromatic carbocycles. The Morgan fingerprint density at radius 2 is 1.95 bits per heavy atom. The molecule has 0 saturated carbocycles. The van der Waals surface area contributed by atoms with Crippen molar-refractivity contribution in [3.63, 3.8) is 0 Å². The first-order valence-electron chi connectivity index (χ1n) is 13.1. The molecule has 0 spiro atoms. The van der Waals surface area contributed by atoms with Crippen LogP contribution in [0.3, 0.4) is 0 Å². The van der Waals surface area contributed by atoms with E-state index in [9.17, 15) is 18.0 Å². The molecule has 10 nitrogen and oxygen atoms in total. The van der Waals surface area contributed by atoms with Crippen LogP contribution in [0.15, 0.2) is 59.8 Å². The van der Waals surface area contributed by atoms with E-state index in [2.05, 4.69) is 25.4 Å². The number of anilines is 1. The number of benzene rings is 1. The molecule has 14 heteroatoms. The molecule has 42 heavy (non-hydrogen) atoms. The number of imidazole rings is 1. The topological polar surface area (TPSA) is 115 Å². The summed E-state index contributed by atoms with van der Waals surface area (Å²) in [5.41, 5.74) is 0.0761. The van der Waals surface area contributed by atoms with Gasteiger partial charge in [-0.25, -0.2) is 23.8 Å². The minimum absolute atomic E-state index is 0.0953. The highest BCUT2D eigenvalue weighted by molar-refractivity contribution is 5.78. The summed E-state index contributed by atoms with van der Waals surface area (Å²) < 4.78 is 71.3. The van der Waals surface area contributed by atoms with Crippen molar-refractivity contribution < 1.29 is 27.0 Å². The third kappa shape index (κ3) is 4.87. The maximum Gasteiger partial charge on any atom is 0.433 e. The first kappa shape index (κ1) is 27.4. The molecule has 2 unspecified atom stereocenters. The summed E-state index contributed by atoms with van der Waals surface area (Å²) in [5.74, 6) is -0.527. The average Bonchev–Trinajstić information content (AvgIpc) is 3.38. The second-order valence-electron chi connectivity index (χ2n) is 9.97. The molecular formula is C28H25F4N7O3. The molecule has 1 fully saturated rings. The number of epoxide rings is 1. The van der Waals surface area contributed by atoms with Gasteiger partial charge < -0.3 is 14.8 Å². The molecule has 0 radical (unpaired) electrons. The smallest absolute Gasteiger partial charge is 0.433 e. The van der Waals surface area contributed by atoms with Gasteiger partial charge in [0.2, 0.25) is 0 Å². The van der Waals surface area contributed by atoms with Crippen LogP contribution in [0.1, 0.15) is 49.7 Å². The van der Waals surface area contributed by atoms with E-state index >= 15 is 4.39 Å². The van der Waals surface area contributed by atoms with Crippen molar-refractivity contribution in [2.45, 2.75) is 51.7 Å². The van der Waals surface area contributed by atoms with E-state index in [1.165, 1.54) is 35.2 Å². The third-order valence-electron chi connectivity index (χ3n) is 6.86. The lowest BCUT2D eigenvalue weighted by molar-refractivity contribution is -0.143. The first-order valence-corrected chi connectivity index (χ1v) is 13.1. The standard InChI is InChI=1S/C28H25F4N7O3/c1-4-15-6-5-10-34-25(15)39-23(28(30,31)32)17(13-35-39)22-26(42-22)36-16-7-8-19(18(29)12-16)41-20-9-11-33-24-21(20)38(14(2)3)27(40)37-24/h5-14,22,26,36H,4H2,1-3H3,(H,33,37,40). The molecule has 218 valence electrons. The molecular weight excluding hydrogens is 558 g/mol. The third-order valence-corrected chi connectivity index (χ3v) is 6.86. The fraction of sp³-hybridized carbons (Fsp3) is 0.286. The first-order chi connectivity index (χ1) is 20.1. The van der Waals surface area contributed by atoms with Gasteiger partial charge in [0.05, 0.1) is 6.20 Å². The second-order valence-corrected chi connectivity index (χ2v) is 9.97. The van der Waals surface area contributed by atoms with Gasteiger partial charge >= 0.3 is 11.9 Å². The van der Waals surface area contributed by atoms with Gasteiger partial charge in [-0.05, 0) is 44.0 Å². The molecule has 1 saturated heterocycles. The van der Waals surface area contributed by atoms with E-state index in [-0.39, 0.29) is 40.3 Å². The summed E-state index contributed by atoms with van der Waals surface area (Å²) >= 11 is 0. The normalized spacial score (nSPS) is 16.8. The molecule has 1 aliphatic rings. The number of fused-ring (bicyclic) bond motifs is 1. The van der Waals surface area contributed by atoms with Gasteiger partial charge in [0.15, 0.2) is 40.7 Å². The van der Waals surface area contributed by atoms with Gasteiger partial charge in [-0.3, -0.25) is 9.55 Å². The number of H-pyrrole nitrogens is 1. The lowest BCUT2D eigenvalue weighted by atomic mass is 10.1.